The van der Waals surface area contributed by atoms with Gasteiger partial charge in [-0.2, -0.15) is 0 Å². The lowest BCUT2D eigenvalue weighted by Crippen LogP contribution is -2.51. The summed E-state index contributed by atoms with van der Waals surface area (Å²) in [4.78, 5) is 27.7. The van der Waals surface area contributed by atoms with Gasteiger partial charge >= 0.3 is 0 Å². The van der Waals surface area contributed by atoms with E-state index in [0.717, 1.165) is 16.4 Å². The highest BCUT2D eigenvalue weighted by Gasteiger charge is 2.32. The predicted molar refractivity (Wildman–Crippen MR) is 146 cm³/mol. The molecule has 0 aliphatic rings. The number of rotatable bonds is 12. The van der Waals surface area contributed by atoms with Gasteiger partial charge in [0.2, 0.25) is 11.8 Å². The Hall–Kier alpha value is -4.12. The molecule has 1 atom stereocenters. The van der Waals surface area contributed by atoms with E-state index in [1.807, 2.05) is 0 Å². The Morgan fingerprint density at radius 1 is 0.897 bits per heavy atom. The average molecular weight is 558 g/mol. The number of ether oxygens (including phenoxy) is 2. The summed E-state index contributed by atoms with van der Waals surface area (Å²) < 4.78 is 52.4. The van der Waals surface area contributed by atoms with Gasteiger partial charge in [-0.1, -0.05) is 12.1 Å². The van der Waals surface area contributed by atoms with Gasteiger partial charge in [-0.3, -0.25) is 13.9 Å². The number of likely N-dealkylation sites (N-methyl/N-ethyl adjacent to an activating group) is 1. The molecule has 0 bridgehead atoms. The molecule has 0 aliphatic carbocycles. The van der Waals surface area contributed by atoms with Crippen LogP contribution in [0.2, 0.25) is 0 Å². The van der Waals surface area contributed by atoms with Crippen molar-refractivity contribution in [2.75, 3.05) is 31.6 Å². The van der Waals surface area contributed by atoms with Gasteiger partial charge in [0.25, 0.3) is 10.0 Å². The second kappa shape index (κ2) is 13.1. The van der Waals surface area contributed by atoms with E-state index in [-0.39, 0.29) is 23.0 Å². The van der Waals surface area contributed by atoms with Crippen LogP contribution in [-0.2, 0) is 26.2 Å². The van der Waals surface area contributed by atoms with Crippen molar-refractivity contribution in [1.82, 2.24) is 10.2 Å². The van der Waals surface area contributed by atoms with E-state index in [2.05, 4.69) is 5.32 Å². The Morgan fingerprint density at radius 2 is 1.44 bits per heavy atom. The number of hydrogen-bond acceptors (Lipinski definition) is 6. The highest BCUT2D eigenvalue weighted by molar-refractivity contribution is 7.92. The fraction of sp³-hybridized carbons (Fsp3) is 0.286. The van der Waals surface area contributed by atoms with Crippen LogP contribution < -0.4 is 19.1 Å². The highest BCUT2D eigenvalue weighted by Crippen LogP contribution is 2.26. The molecule has 11 heteroatoms. The summed E-state index contributed by atoms with van der Waals surface area (Å²) in [6, 6.07) is 16.6. The maximum atomic E-state index is 13.8. The van der Waals surface area contributed by atoms with Gasteiger partial charge in [0, 0.05) is 13.1 Å². The van der Waals surface area contributed by atoms with E-state index >= 15 is 0 Å². The smallest absolute Gasteiger partial charge is 0.264 e. The van der Waals surface area contributed by atoms with E-state index < -0.39 is 34.3 Å². The number of anilines is 1. The van der Waals surface area contributed by atoms with E-state index in [4.69, 9.17) is 9.47 Å². The quantitative estimate of drug-likeness (QED) is 0.365. The topological polar surface area (TPSA) is 105 Å². The maximum absolute atomic E-state index is 13.8. The summed E-state index contributed by atoms with van der Waals surface area (Å²) in [6.07, 6.45) is 0. The maximum Gasteiger partial charge on any atom is 0.264 e. The van der Waals surface area contributed by atoms with Crippen LogP contribution in [0.3, 0.4) is 0 Å². The number of halogens is 1. The number of carbonyl (C=O) groups is 2. The largest absolute Gasteiger partial charge is 0.497 e. The third-order valence-corrected chi connectivity index (χ3v) is 7.86. The van der Waals surface area contributed by atoms with E-state index in [1.54, 1.807) is 38.1 Å². The molecule has 0 spiro atoms. The van der Waals surface area contributed by atoms with E-state index in [0.29, 0.717) is 23.6 Å². The minimum absolute atomic E-state index is 0.0426. The third kappa shape index (κ3) is 7.26. The molecule has 0 unspecified atom stereocenters. The molecule has 3 aromatic carbocycles. The second-order valence-corrected chi connectivity index (χ2v) is 10.5. The summed E-state index contributed by atoms with van der Waals surface area (Å²) in [5.41, 5.74) is 0.808. The molecule has 9 nitrogen and oxygen atoms in total. The number of sulfonamides is 1. The van der Waals surface area contributed by atoms with Gasteiger partial charge in [-0.25, -0.2) is 12.8 Å². The Kier molecular flexibility index (Phi) is 9.89. The SMILES string of the molecule is CCNC(=O)[C@H](C)N(Cc1ccc(OC)cc1)C(=O)CN(c1ccc(F)cc1)S(=O)(=O)c1ccc(OC)cc1. The monoisotopic (exact) mass is 557 g/mol. The first kappa shape index (κ1) is 29.4. The number of hydrogen-bond donors (Lipinski definition) is 1. The summed E-state index contributed by atoms with van der Waals surface area (Å²) >= 11 is 0. The van der Waals surface area contributed by atoms with Crippen LogP contribution in [0.4, 0.5) is 10.1 Å². The van der Waals surface area contributed by atoms with Crippen molar-refractivity contribution in [3.8, 4) is 11.5 Å². The fourth-order valence-electron chi connectivity index (χ4n) is 3.84. The first-order valence-corrected chi connectivity index (χ1v) is 13.7. The first-order chi connectivity index (χ1) is 18.6. The van der Waals surface area contributed by atoms with Gasteiger partial charge in [-0.15, -0.1) is 0 Å². The number of methoxy groups -OCH3 is 2. The van der Waals surface area contributed by atoms with Gasteiger partial charge in [0.1, 0.15) is 29.9 Å². The first-order valence-electron chi connectivity index (χ1n) is 12.2. The standard InChI is InChI=1S/C28H32FN3O6S/c1-5-30-28(34)20(2)31(18-21-6-12-24(37-3)13-7-21)27(33)19-32(23-10-8-22(29)9-11-23)39(35,36)26-16-14-25(38-4)15-17-26/h6-17,20H,5,18-19H2,1-4H3,(H,30,34)/t20-/m0/s1. The molecule has 0 aromatic heterocycles. The van der Waals surface area contributed by atoms with Crippen LogP contribution in [0.5, 0.6) is 11.5 Å². The molecule has 208 valence electrons. The summed E-state index contributed by atoms with van der Waals surface area (Å²) in [5, 5.41) is 2.70. The summed E-state index contributed by atoms with van der Waals surface area (Å²) in [5.74, 6) is -0.476. The Morgan fingerprint density at radius 3 is 1.95 bits per heavy atom. The normalized spacial score (nSPS) is 11.8. The lowest BCUT2D eigenvalue weighted by atomic mass is 10.1. The van der Waals surface area contributed by atoms with Crippen molar-refractivity contribution < 1.29 is 31.9 Å². The number of carbonyl (C=O) groups excluding carboxylic acids is 2. The average Bonchev–Trinajstić information content (AvgIpc) is 2.95. The molecule has 0 saturated carbocycles. The molecule has 3 rings (SSSR count). The molecule has 0 saturated heterocycles. The third-order valence-electron chi connectivity index (χ3n) is 6.07. The van der Waals surface area contributed by atoms with E-state index in [9.17, 15) is 22.4 Å². The fourth-order valence-corrected chi connectivity index (χ4v) is 5.26. The Balaban J connectivity index is 2.01. The van der Waals surface area contributed by atoms with Crippen molar-refractivity contribution in [3.05, 3.63) is 84.2 Å². The van der Waals surface area contributed by atoms with Crippen LogP contribution in [0, 0.1) is 5.82 Å². The van der Waals surface area contributed by atoms with Crippen LogP contribution in [0.1, 0.15) is 19.4 Å². The second-order valence-electron chi connectivity index (χ2n) is 8.60. The van der Waals surface area contributed by atoms with E-state index in [1.165, 1.54) is 55.5 Å². The zero-order chi connectivity index (χ0) is 28.6. The van der Waals surface area contributed by atoms with Crippen LogP contribution in [-0.4, -0.2) is 58.5 Å². The molecule has 0 radical (unpaired) electrons. The number of amides is 2. The number of nitrogens with zero attached hydrogens (tertiary/aromatic N) is 2. The zero-order valence-corrected chi connectivity index (χ0v) is 23.1. The molecule has 0 aliphatic heterocycles. The Labute approximate surface area is 228 Å². The molecule has 1 N–H and O–H groups in total. The van der Waals surface area contributed by atoms with Crippen molar-refractivity contribution >= 4 is 27.5 Å². The zero-order valence-electron chi connectivity index (χ0n) is 22.3. The van der Waals surface area contributed by atoms with Gasteiger partial charge in [0.05, 0.1) is 24.8 Å². The van der Waals surface area contributed by atoms with Crippen LogP contribution in [0.25, 0.3) is 0 Å². The highest BCUT2D eigenvalue weighted by atomic mass is 32.2. The van der Waals surface area contributed by atoms with Gasteiger partial charge in [-0.05, 0) is 80.1 Å². The number of benzene rings is 3. The lowest BCUT2D eigenvalue weighted by molar-refractivity contribution is -0.139. The lowest BCUT2D eigenvalue weighted by Gasteiger charge is -2.32. The van der Waals surface area contributed by atoms with Crippen molar-refractivity contribution in [2.45, 2.75) is 31.3 Å². The number of nitrogens with one attached hydrogen (secondary N) is 1. The van der Waals surface area contributed by atoms with Crippen LogP contribution in [0.15, 0.2) is 77.7 Å². The summed E-state index contributed by atoms with van der Waals surface area (Å²) in [7, 11) is -1.27. The van der Waals surface area contributed by atoms with Crippen molar-refractivity contribution in [3.63, 3.8) is 0 Å². The minimum Gasteiger partial charge on any atom is -0.497 e. The molecule has 0 heterocycles. The molecule has 2 amide bonds. The van der Waals surface area contributed by atoms with Gasteiger partial charge < -0.3 is 19.7 Å². The molecular formula is C28H32FN3O6S. The molecule has 39 heavy (non-hydrogen) atoms. The molecule has 3 aromatic rings. The molecule has 0 fully saturated rings. The van der Waals surface area contributed by atoms with Crippen LogP contribution >= 0.6 is 0 Å². The summed E-state index contributed by atoms with van der Waals surface area (Å²) in [6.45, 7) is 3.12. The van der Waals surface area contributed by atoms with Gasteiger partial charge in [0.15, 0.2) is 0 Å². The predicted octanol–water partition coefficient (Wildman–Crippen LogP) is 3.59. The van der Waals surface area contributed by atoms with Crippen molar-refractivity contribution in [1.29, 1.82) is 0 Å². The molecular weight excluding hydrogens is 525 g/mol. The van der Waals surface area contributed by atoms with Crippen molar-refractivity contribution in [2.24, 2.45) is 0 Å². The minimum atomic E-state index is -4.27. The Bertz CT molecular complexity index is 1360.